The lowest BCUT2D eigenvalue weighted by atomic mass is 10.0. The van der Waals surface area contributed by atoms with E-state index in [2.05, 4.69) is 23.2 Å². The van der Waals surface area contributed by atoms with Gasteiger partial charge in [0.05, 0.1) is 0 Å². The van der Waals surface area contributed by atoms with Crippen LogP contribution >= 0.6 is 0 Å². The van der Waals surface area contributed by atoms with Crippen molar-refractivity contribution in [3.8, 4) is 0 Å². The molecule has 2 aliphatic rings. The van der Waals surface area contributed by atoms with E-state index in [1.165, 1.54) is 5.56 Å². The molecule has 0 aromatic heterocycles. The van der Waals surface area contributed by atoms with E-state index in [0.29, 0.717) is 12.0 Å². The van der Waals surface area contributed by atoms with Gasteiger partial charge in [0.2, 0.25) is 0 Å². The van der Waals surface area contributed by atoms with E-state index in [0.717, 1.165) is 38.2 Å². The van der Waals surface area contributed by atoms with E-state index in [4.69, 9.17) is 0 Å². The van der Waals surface area contributed by atoms with Gasteiger partial charge in [0, 0.05) is 32.2 Å². The third kappa shape index (κ3) is 1.87. The minimum absolute atomic E-state index is 0.0213. The summed E-state index contributed by atoms with van der Waals surface area (Å²) in [6.45, 7) is 6.49. The van der Waals surface area contributed by atoms with Gasteiger partial charge < -0.3 is 5.32 Å². The van der Waals surface area contributed by atoms with Gasteiger partial charge in [-0.25, -0.2) is 4.39 Å². The molecule has 3 heteroatoms. The Morgan fingerprint density at radius 1 is 1.29 bits per heavy atom. The largest absolute Gasteiger partial charge is 0.314 e. The zero-order valence-electron chi connectivity index (χ0n) is 10.2. The molecular weight excluding hydrogens is 215 g/mol. The Morgan fingerprint density at radius 3 is 2.82 bits per heavy atom. The lowest BCUT2D eigenvalue weighted by molar-refractivity contribution is 0.141. The van der Waals surface area contributed by atoms with Crippen LogP contribution in [0, 0.1) is 11.7 Å². The monoisotopic (exact) mass is 234 g/mol. The molecule has 2 unspecified atom stereocenters. The van der Waals surface area contributed by atoms with Gasteiger partial charge in [-0.15, -0.1) is 0 Å². The van der Waals surface area contributed by atoms with Crippen molar-refractivity contribution in [1.82, 2.24) is 10.2 Å². The van der Waals surface area contributed by atoms with Crippen LogP contribution in [0.3, 0.4) is 0 Å². The minimum atomic E-state index is -0.0213. The highest BCUT2D eigenvalue weighted by atomic mass is 19.1. The number of piperazine rings is 1. The second-order valence-corrected chi connectivity index (χ2v) is 5.22. The summed E-state index contributed by atoms with van der Waals surface area (Å²) in [5.74, 6) is 0.506. The van der Waals surface area contributed by atoms with E-state index in [9.17, 15) is 4.39 Å². The topological polar surface area (TPSA) is 15.3 Å². The highest BCUT2D eigenvalue weighted by Gasteiger charge is 2.35. The van der Waals surface area contributed by atoms with Gasteiger partial charge in [-0.2, -0.15) is 0 Å². The Bertz CT molecular complexity index is 413. The quantitative estimate of drug-likeness (QED) is 0.799. The van der Waals surface area contributed by atoms with Gasteiger partial charge in [-0.3, -0.25) is 4.90 Å². The number of nitrogens with one attached hydrogen (secondary N) is 1. The minimum Gasteiger partial charge on any atom is -0.314 e. The summed E-state index contributed by atoms with van der Waals surface area (Å²) in [4.78, 5) is 2.51. The van der Waals surface area contributed by atoms with Gasteiger partial charge in [-0.1, -0.05) is 19.1 Å². The fourth-order valence-electron chi connectivity index (χ4n) is 3.32. The van der Waals surface area contributed by atoms with Crippen molar-refractivity contribution in [2.24, 2.45) is 5.92 Å². The molecule has 1 aliphatic carbocycles. The molecule has 0 spiro atoms. The SMILES string of the molecule is CC1Cc2c(F)cccc2C1N1CCNCC1. The summed E-state index contributed by atoms with van der Waals surface area (Å²) in [6.07, 6.45) is 0.886. The predicted molar refractivity (Wildman–Crippen MR) is 66.5 cm³/mol. The Morgan fingerprint density at radius 2 is 2.06 bits per heavy atom. The fraction of sp³-hybridized carbons (Fsp3) is 0.571. The number of hydrogen-bond donors (Lipinski definition) is 1. The molecule has 2 nitrogen and oxygen atoms in total. The van der Waals surface area contributed by atoms with Gasteiger partial charge in [0.25, 0.3) is 0 Å². The van der Waals surface area contributed by atoms with E-state index in [1.807, 2.05) is 6.07 Å². The van der Waals surface area contributed by atoms with Crippen LogP contribution in [0.5, 0.6) is 0 Å². The molecule has 2 atom stereocenters. The molecule has 0 amide bonds. The maximum absolute atomic E-state index is 13.8. The number of rotatable bonds is 1. The maximum atomic E-state index is 13.8. The lowest BCUT2D eigenvalue weighted by Gasteiger charge is -2.35. The molecule has 0 saturated carbocycles. The van der Waals surface area contributed by atoms with Crippen molar-refractivity contribution in [1.29, 1.82) is 0 Å². The first-order chi connectivity index (χ1) is 8.27. The number of hydrogen-bond acceptors (Lipinski definition) is 2. The fourth-order valence-corrected chi connectivity index (χ4v) is 3.32. The summed E-state index contributed by atoms with van der Waals surface area (Å²) in [6, 6.07) is 5.96. The molecule has 0 radical (unpaired) electrons. The van der Waals surface area contributed by atoms with Crippen molar-refractivity contribution in [2.75, 3.05) is 26.2 Å². The van der Waals surface area contributed by atoms with Crippen molar-refractivity contribution in [3.05, 3.63) is 35.1 Å². The van der Waals surface area contributed by atoms with E-state index < -0.39 is 0 Å². The van der Waals surface area contributed by atoms with Gasteiger partial charge in [0.15, 0.2) is 0 Å². The van der Waals surface area contributed by atoms with Crippen LogP contribution < -0.4 is 5.32 Å². The first-order valence-corrected chi connectivity index (χ1v) is 6.49. The Kier molecular flexibility index (Phi) is 2.89. The maximum Gasteiger partial charge on any atom is 0.126 e. The summed E-state index contributed by atoms with van der Waals surface area (Å²) in [5.41, 5.74) is 2.17. The van der Waals surface area contributed by atoms with Crippen LogP contribution in [0.4, 0.5) is 4.39 Å². The van der Waals surface area contributed by atoms with Crippen LogP contribution in [0.25, 0.3) is 0 Å². The van der Waals surface area contributed by atoms with Gasteiger partial charge in [0.1, 0.15) is 5.82 Å². The molecule has 1 aliphatic heterocycles. The third-order valence-corrected chi connectivity index (χ3v) is 4.08. The number of fused-ring (bicyclic) bond motifs is 1. The first kappa shape index (κ1) is 11.2. The van der Waals surface area contributed by atoms with Crippen molar-refractivity contribution < 1.29 is 4.39 Å². The predicted octanol–water partition coefficient (Wildman–Crippen LogP) is 1.96. The van der Waals surface area contributed by atoms with Gasteiger partial charge >= 0.3 is 0 Å². The standard InChI is InChI=1S/C14H19FN2/c1-10-9-12-11(3-2-4-13(12)15)14(10)17-7-5-16-6-8-17/h2-4,10,14,16H,5-9H2,1H3. The molecule has 92 valence electrons. The molecule has 1 N–H and O–H groups in total. The number of halogens is 1. The Labute approximate surface area is 102 Å². The van der Waals surface area contributed by atoms with Crippen LogP contribution in [-0.4, -0.2) is 31.1 Å². The van der Waals surface area contributed by atoms with Crippen LogP contribution in [0.15, 0.2) is 18.2 Å². The second-order valence-electron chi connectivity index (χ2n) is 5.22. The Hall–Kier alpha value is -0.930. The second kappa shape index (κ2) is 4.39. The highest BCUT2D eigenvalue weighted by molar-refractivity contribution is 5.36. The molecular formula is C14H19FN2. The molecule has 1 aromatic carbocycles. The van der Waals surface area contributed by atoms with E-state index in [1.54, 1.807) is 6.07 Å². The van der Waals surface area contributed by atoms with Crippen LogP contribution in [-0.2, 0) is 6.42 Å². The molecule has 0 bridgehead atoms. The third-order valence-electron chi connectivity index (χ3n) is 4.08. The summed E-state index contributed by atoms with van der Waals surface area (Å²) >= 11 is 0. The number of benzene rings is 1. The highest BCUT2D eigenvalue weighted by Crippen LogP contribution is 2.41. The smallest absolute Gasteiger partial charge is 0.126 e. The molecule has 3 rings (SSSR count). The van der Waals surface area contributed by atoms with Gasteiger partial charge in [-0.05, 0) is 29.5 Å². The van der Waals surface area contributed by atoms with Crippen LogP contribution in [0.2, 0.25) is 0 Å². The van der Waals surface area contributed by atoms with Crippen LogP contribution in [0.1, 0.15) is 24.1 Å². The first-order valence-electron chi connectivity index (χ1n) is 6.49. The zero-order chi connectivity index (χ0) is 11.8. The van der Waals surface area contributed by atoms with E-state index >= 15 is 0 Å². The van der Waals surface area contributed by atoms with E-state index in [-0.39, 0.29) is 5.82 Å². The van der Waals surface area contributed by atoms with Crippen molar-refractivity contribution in [3.63, 3.8) is 0 Å². The lowest BCUT2D eigenvalue weighted by Crippen LogP contribution is -2.45. The molecule has 1 heterocycles. The summed E-state index contributed by atoms with van der Waals surface area (Å²) < 4.78 is 13.8. The summed E-state index contributed by atoms with van der Waals surface area (Å²) in [5, 5.41) is 3.37. The summed E-state index contributed by atoms with van der Waals surface area (Å²) in [7, 11) is 0. The molecule has 1 fully saturated rings. The molecule has 17 heavy (non-hydrogen) atoms. The normalized spacial score (nSPS) is 29.3. The average molecular weight is 234 g/mol. The molecule has 1 aromatic rings. The van der Waals surface area contributed by atoms with Crippen molar-refractivity contribution in [2.45, 2.75) is 19.4 Å². The zero-order valence-corrected chi connectivity index (χ0v) is 10.2. The molecule has 1 saturated heterocycles. The van der Waals surface area contributed by atoms with Crippen molar-refractivity contribution >= 4 is 0 Å². The average Bonchev–Trinajstić information content (AvgIpc) is 2.68. The number of nitrogens with zero attached hydrogens (tertiary/aromatic N) is 1. The Balaban J connectivity index is 1.93.